The lowest BCUT2D eigenvalue weighted by atomic mass is 10.1. The van der Waals surface area contributed by atoms with Crippen LogP contribution in [-0.4, -0.2) is 15.0 Å². The second-order valence-corrected chi connectivity index (χ2v) is 7.95. The molecule has 0 unspecified atom stereocenters. The molecule has 3 heterocycles. The van der Waals surface area contributed by atoms with Crippen LogP contribution in [0.5, 0.6) is 0 Å². The summed E-state index contributed by atoms with van der Waals surface area (Å²) in [6.45, 7) is 14.9. The van der Waals surface area contributed by atoms with Gasteiger partial charge in [0.2, 0.25) is 0 Å². The predicted molar refractivity (Wildman–Crippen MR) is 168 cm³/mol. The van der Waals surface area contributed by atoms with E-state index >= 15 is 0 Å². The molecule has 0 amide bonds. The Kier molecular flexibility index (Phi) is 15.4. The second-order valence-electron chi connectivity index (χ2n) is 7.65. The third-order valence-corrected chi connectivity index (χ3v) is 4.91. The van der Waals surface area contributed by atoms with Gasteiger partial charge in [0.05, 0.1) is 0 Å². The Balaban J connectivity index is 0.000000372. The van der Waals surface area contributed by atoms with Crippen LogP contribution >= 0.6 is 12.6 Å². The van der Waals surface area contributed by atoms with Crippen LogP contribution in [0.3, 0.4) is 0 Å². The average Bonchev–Trinajstić information content (AvgIpc) is 2.95. The van der Waals surface area contributed by atoms with Crippen molar-refractivity contribution in [2.24, 2.45) is 5.73 Å². The topological polar surface area (TPSA) is 103 Å². The number of nitrogens with one attached hydrogen (secondary N) is 1. The fourth-order valence-corrected chi connectivity index (χ4v) is 2.87. The molecule has 0 fully saturated rings. The molecule has 0 aliphatic rings. The maximum absolute atomic E-state index is 6.02. The minimum absolute atomic E-state index is 0.694. The van der Waals surface area contributed by atoms with Gasteiger partial charge in [-0.1, -0.05) is 31.4 Å². The molecule has 0 saturated carbocycles. The Morgan fingerprint density at radius 1 is 0.816 bits per heavy atom. The summed E-state index contributed by atoms with van der Waals surface area (Å²) < 4.78 is 0. The highest BCUT2D eigenvalue weighted by atomic mass is 32.1. The number of nitrogen functional groups attached to an aromatic ring is 1. The van der Waals surface area contributed by atoms with Crippen LogP contribution < -0.4 is 16.8 Å². The highest BCUT2D eigenvalue weighted by Gasteiger charge is 2.04. The molecular weight excluding hydrogens is 488 g/mol. The lowest BCUT2D eigenvalue weighted by Crippen LogP contribution is -1.99. The van der Waals surface area contributed by atoms with E-state index in [1.807, 2.05) is 74.5 Å². The van der Waals surface area contributed by atoms with Crippen molar-refractivity contribution in [3.8, 4) is 11.1 Å². The zero-order valence-corrected chi connectivity index (χ0v) is 22.9. The molecular formula is C31H36N6S. The standard InChI is InChI=1S/C18H16N4.C8H9N.C3H6S.C2H5N/c1-13(14-2-6-20-7-3-14)22-18-11-16(10-17(19)12-18)15-4-8-21-9-5-15;1-7(2)8-3-5-9-6-4-8;1-2-3-4;1-2-3/h2-12,22H,1,19H2;3-6H,1H2,2H3;2-4H,1H3;2H,1,3H2/b;;3-2-;. The van der Waals surface area contributed by atoms with Gasteiger partial charge >= 0.3 is 0 Å². The van der Waals surface area contributed by atoms with Gasteiger partial charge in [-0.3, -0.25) is 15.0 Å². The summed E-state index contributed by atoms with van der Waals surface area (Å²) >= 11 is 3.74. The third-order valence-electron chi connectivity index (χ3n) is 4.62. The zero-order chi connectivity index (χ0) is 28.2. The third kappa shape index (κ3) is 12.4. The monoisotopic (exact) mass is 524 g/mol. The highest BCUT2D eigenvalue weighted by Crippen LogP contribution is 2.27. The van der Waals surface area contributed by atoms with Crippen LogP contribution in [-0.2, 0) is 0 Å². The number of nitrogens with two attached hydrogens (primary N) is 2. The largest absolute Gasteiger partial charge is 0.405 e. The Bertz CT molecular complexity index is 1270. The SMILES string of the molecule is C/C=C\S.C=C(C)c1ccncc1.C=C(Nc1cc(N)cc(-c2ccncc2)c1)c1ccncc1.C=CN. The number of thiol groups is 1. The van der Waals surface area contributed by atoms with Crippen molar-refractivity contribution in [2.45, 2.75) is 13.8 Å². The Hall–Kier alpha value is -4.62. The van der Waals surface area contributed by atoms with Gasteiger partial charge in [-0.25, -0.2) is 0 Å². The first-order valence-electron chi connectivity index (χ1n) is 11.7. The van der Waals surface area contributed by atoms with Crippen LogP contribution in [0, 0.1) is 0 Å². The van der Waals surface area contributed by atoms with E-state index in [-0.39, 0.29) is 0 Å². The van der Waals surface area contributed by atoms with E-state index < -0.39 is 0 Å². The fraction of sp³-hybridized carbons (Fsp3) is 0.0645. The Morgan fingerprint density at radius 2 is 1.26 bits per heavy atom. The number of nitrogens with zero attached hydrogens (tertiary/aromatic N) is 3. The number of anilines is 2. The summed E-state index contributed by atoms with van der Waals surface area (Å²) in [5.74, 6) is 0. The number of hydrogen-bond donors (Lipinski definition) is 4. The first-order chi connectivity index (χ1) is 18.4. The van der Waals surface area contributed by atoms with Gasteiger partial charge in [0, 0.05) is 59.8 Å². The second kappa shape index (κ2) is 18.6. The molecule has 5 N–H and O–H groups in total. The number of rotatable bonds is 5. The Morgan fingerprint density at radius 3 is 1.68 bits per heavy atom. The van der Waals surface area contributed by atoms with Gasteiger partial charge in [0.15, 0.2) is 0 Å². The summed E-state index contributed by atoms with van der Waals surface area (Å²) in [6, 6.07) is 17.5. The molecule has 0 atom stereocenters. The van der Waals surface area contributed by atoms with Gasteiger partial charge < -0.3 is 16.8 Å². The molecule has 3 aromatic heterocycles. The summed E-state index contributed by atoms with van der Waals surface area (Å²) in [6.07, 6.45) is 13.7. The quantitative estimate of drug-likeness (QED) is 0.160. The van der Waals surface area contributed by atoms with Crippen molar-refractivity contribution >= 4 is 35.3 Å². The number of pyridine rings is 3. The van der Waals surface area contributed by atoms with Crippen molar-refractivity contribution < 1.29 is 0 Å². The summed E-state index contributed by atoms with van der Waals surface area (Å²) in [5, 5.41) is 4.99. The smallest absolute Gasteiger partial charge is 0.0411 e. The minimum Gasteiger partial charge on any atom is -0.405 e. The lowest BCUT2D eigenvalue weighted by Gasteiger charge is -2.12. The van der Waals surface area contributed by atoms with E-state index in [2.05, 4.69) is 58.4 Å². The molecule has 1 aromatic carbocycles. The number of aromatic nitrogens is 3. The highest BCUT2D eigenvalue weighted by molar-refractivity contribution is 7.83. The van der Waals surface area contributed by atoms with E-state index in [1.54, 1.807) is 42.6 Å². The van der Waals surface area contributed by atoms with Crippen LogP contribution in [0.4, 0.5) is 11.4 Å². The van der Waals surface area contributed by atoms with Gasteiger partial charge in [0.1, 0.15) is 0 Å². The molecule has 0 bridgehead atoms. The molecule has 0 radical (unpaired) electrons. The van der Waals surface area contributed by atoms with Crippen molar-refractivity contribution in [1.29, 1.82) is 0 Å². The fourth-order valence-electron chi connectivity index (χ4n) is 2.87. The van der Waals surface area contributed by atoms with Gasteiger partial charge in [-0.2, -0.15) is 12.6 Å². The number of benzene rings is 1. The van der Waals surface area contributed by atoms with Gasteiger partial charge in [-0.15, -0.1) is 0 Å². The molecule has 4 aromatic rings. The zero-order valence-electron chi connectivity index (χ0n) is 22.0. The molecule has 38 heavy (non-hydrogen) atoms. The van der Waals surface area contributed by atoms with Gasteiger partial charge in [-0.05, 0) is 96.7 Å². The van der Waals surface area contributed by atoms with Crippen molar-refractivity contribution in [3.05, 3.63) is 140 Å². The van der Waals surface area contributed by atoms with Crippen LogP contribution in [0.25, 0.3) is 22.4 Å². The van der Waals surface area contributed by atoms with Crippen LogP contribution in [0.2, 0.25) is 0 Å². The maximum Gasteiger partial charge on any atom is 0.0411 e. The summed E-state index contributed by atoms with van der Waals surface area (Å²) in [4.78, 5) is 11.9. The molecule has 196 valence electrons. The molecule has 7 heteroatoms. The summed E-state index contributed by atoms with van der Waals surface area (Å²) in [5.41, 5.74) is 18.3. The average molecular weight is 525 g/mol. The van der Waals surface area contributed by atoms with E-state index in [1.165, 1.54) is 6.20 Å². The van der Waals surface area contributed by atoms with E-state index in [0.717, 1.165) is 39.2 Å². The normalized spacial score (nSPS) is 9.34. The first-order valence-corrected chi connectivity index (χ1v) is 12.2. The molecule has 0 spiro atoms. The van der Waals surface area contributed by atoms with Crippen LogP contribution in [0.15, 0.2) is 129 Å². The molecule has 0 aliphatic heterocycles. The summed E-state index contributed by atoms with van der Waals surface area (Å²) in [7, 11) is 0. The van der Waals surface area contributed by atoms with Gasteiger partial charge in [0.25, 0.3) is 0 Å². The van der Waals surface area contributed by atoms with E-state index in [0.29, 0.717) is 5.69 Å². The molecule has 0 saturated heterocycles. The Labute approximate surface area is 232 Å². The van der Waals surface area contributed by atoms with Crippen molar-refractivity contribution in [2.75, 3.05) is 11.1 Å². The maximum atomic E-state index is 6.02. The molecule has 0 aliphatic carbocycles. The van der Waals surface area contributed by atoms with E-state index in [9.17, 15) is 0 Å². The van der Waals surface area contributed by atoms with Crippen molar-refractivity contribution in [1.82, 2.24) is 15.0 Å². The van der Waals surface area contributed by atoms with Crippen molar-refractivity contribution in [3.63, 3.8) is 0 Å². The minimum atomic E-state index is 0.694. The van der Waals surface area contributed by atoms with Crippen LogP contribution in [0.1, 0.15) is 25.0 Å². The first kappa shape index (κ1) is 31.4. The molecule has 4 rings (SSSR count). The number of hydrogen-bond acceptors (Lipinski definition) is 7. The predicted octanol–water partition coefficient (Wildman–Crippen LogP) is 7.46. The lowest BCUT2D eigenvalue weighted by molar-refractivity contribution is 1.31. The number of allylic oxidation sites excluding steroid dienone is 2. The molecule has 6 nitrogen and oxygen atoms in total. The van der Waals surface area contributed by atoms with E-state index in [4.69, 9.17) is 5.73 Å².